The highest BCUT2D eigenvalue weighted by atomic mass is 19.1. The molecule has 0 saturated carbocycles. The van der Waals surface area contributed by atoms with E-state index in [0.29, 0.717) is 35.9 Å². The van der Waals surface area contributed by atoms with Crippen LogP contribution in [0.3, 0.4) is 0 Å². The number of hydrogen-bond acceptors (Lipinski definition) is 5. The van der Waals surface area contributed by atoms with E-state index in [0.717, 1.165) is 24.2 Å². The molecule has 43 heavy (non-hydrogen) atoms. The summed E-state index contributed by atoms with van der Waals surface area (Å²) < 4.78 is 28.2. The van der Waals surface area contributed by atoms with Crippen LogP contribution in [-0.2, 0) is 11.3 Å². The molecule has 4 aromatic rings. The van der Waals surface area contributed by atoms with Crippen molar-refractivity contribution < 1.29 is 13.6 Å². The number of halogens is 2. The van der Waals surface area contributed by atoms with Gasteiger partial charge < -0.3 is 4.90 Å². The van der Waals surface area contributed by atoms with Crippen molar-refractivity contribution in [3.05, 3.63) is 83.9 Å². The fraction of sp³-hybridized carbons (Fsp3) is 0.441. The summed E-state index contributed by atoms with van der Waals surface area (Å²) in [4.78, 5) is 27.1. The van der Waals surface area contributed by atoms with Crippen LogP contribution in [0.2, 0.25) is 0 Å². The Morgan fingerprint density at radius 2 is 1.19 bits per heavy atom. The molecule has 1 amide bonds. The molecule has 234 valence electrons. The van der Waals surface area contributed by atoms with Crippen molar-refractivity contribution in [3.63, 3.8) is 0 Å². The van der Waals surface area contributed by atoms with Gasteiger partial charge in [-0.05, 0) is 81.3 Å². The van der Waals surface area contributed by atoms with E-state index in [1.165, 1.54) is 41.8 Å². The minimum Gasteiger partial charge on any atom is -0.341 e. The van der Waals surface area contributed by atoms with Gasteiger partial charge in [0.1, 0.15) is 24.5 Å². The van der Waals surface area contributed by atoms with Crippen LogP contribution in [0.1, 0.15) is 78.6 Å². The molecule has 0 N–H and O–H groups in total. The Bertz CT molecular complexity index is 1300. The van der Waals surface area contributed by atoms with E-state index in [1.54, 1.807) is 30.6 Å². The summed E-state index contributed by atoms with van der Waals surface area (Å²) in [6, 6.07) is 13.7. The van der Waals surface area contributed by atoms with Crippen molar-refractivity contribution in [1.29, 1.82) is 0 Å². The van der Waals surface area contributed by atoms with E-state index in [1.807, 2.05) is 38.7 Å². The van der Waals surface area contributed by atoms with Crippen LogP contribution in [0.4, 0.5) is 8.78 Å². The molecule has 0 fully saturated rings. The molecular formula is C34H48F2N6O. The molecule has 0 atom stereocenters. The number of carbonyl (C=O) groups is 1. The quantitative estimate of drug-likeness (QED) is 0.205. The number of nitrogens with zero attached hydrogens (tertiary/aromatic N) is 6. The van der Waals surface area contributed by atoms with Crippen LogP contribution in [0.25, 0.3) is 22.8 Å². The van der Waals surface area contributed by atoms with Crippen LogP contribution in [0.15, 0.2) is 60.9 Å². The molecule has 0 bridgehead atoms. The second kappa shape index (κ2) is 20.8. The van der Waals surface area contributed by atoms with Gasteiger partial charge in [0.15, 0.2) is 11.6 Å². The van der Waals surface area contributed by atoms with Crippen LogP contribution < -0.4 is 0 Å². The summed E-state index contributed by atoms with van der Waals surface area (Å²) in [6.45, 7) is 17.9. The first-order chi connectivity index (χ1) is 20.6. The highest BCUT2D eigenvalue weighted by molar-refractivity contribution is 5.77. The molecule has 7 nitrogen and oxygen atoms in total. The zero-order valence-electron chi connectivity index (χ0n) is 27.1. The van der Waals surface area contributed by atoms with Gasteiger partial charge in [-0.3, -0.25) is 4.79 Å². The predicted molar refractivity (Wildman–Crippen MR) is 171 cm³/mol. The monoisotopic (exact) mass is 594 g/mol. The van der Waals surface area contributed by atoms with Crippen molar-refractivity contribution in [2.75, 3.05) is 13.1 Å². The second-order valence-corrected chi connectivity index (χ2v) is 10.0. The summed E-state index contributed by atoms with van der Waals surface area (Å²) >= 11 is 0. The smallest absolute Gasteiger partial charge is 0.244 e. The number of hydrogen-bond donors (Lipinski definition) is 0. The van der Waals surface area contributed by atoms with Crippen molar-refractivity contribution in [3.8, 4) is 22.8 Å². The molecule has 0 unspecified atom stereocenters. The van der Waals surface area contributed by atoms with Gasteiger partial charge in [-0.2, -0.15) is 0 Å². The molecule has 0 spiro atoms. The Morgan fingerprint density at radius 3 is 1.58 bits per heavy atom. The third-order valence-electron chi connectivity index (χ3n) is 5.44. The van der Waals surface area contributed by atoms with Gasteiger partial charge in [0.05, 0.1) is 0 Å². The molecule has 0 aliphatic rings. The molecule has 2 heterocycles. The SMILES string of the molecule is CCC.CCC.CCCN(CCC)C(=O)Cn1nc(-c2ccc(F)cc2)nc1-c1ccc(F)cc1.Cc1cc(C)ncn1. The lowest BCUT2D eigenvalue weighted by Gasteiger charge is -2.21. The fourth-order valence-corrected chi connectivity index (χ4v) is 3.70. The van der Waals surface area contributed by atoms with E-state index in [2.05, 4.69) is 47.7 Å². The molecular weight excluding hydrogens is 546 g/mol. The molecule has 2 aromatic heterocycles. The Balaban J connectivity index is 0.000000547. The Kier molecular flexibility index (Phi) is 17.9. The summed E-state index contributed by atoms with van der Waals surface area (Å²) in [7, 11) is 0. The third kappa shape index (κ3) is 13.7. The van der Waals surface area contributed by atoms with Gasteiger partial charge >= 0.3 is 0 Å². The van der Waals surface area contributed by atoms with E-state index in [9.17, 15) is 13.6 Å². The summed E-state index contributed by atoms with van der Waals surface area (Å²) in [5.74, 6) is 0.0940. The van der Waals surface area contributed by atoms with Crippen molar-refractivity contribution in [2.45, 2.75) is 87.6 Å². The summed E-state index contributed by atoms with van der Waals surface area (Å²) in [5, 5.41) is 4.49. The van der Waals surface area contributed by atoms with Gasteiger partial charge in [-0.1, -0.05) is 54.4 Å². The van der Waals surface area contributed by atoms with E-state index in [-0.39, 0.29) is 24.1 Å². The van der Waals surface area contributed by atoms with Gasteiger partial charge in [0.25, 0.3) is 0 Å². The topological polar surface area (TPSA) is 76.8 Å². The Morgan fingerprint density at radius 1 is 0.744 bits per heavy atom. The highest BCUT2D eigenvalue weighted by Gasteiger charge is 2.19. The molecule has 2 aromatic carbocycles. The number of aromatic nitrogens is 5. The lowest BCUT2D eigenvalue weighted by atomic mass is 10.2. The number of rotatable bonds is 8. The predicted octanol–water partition coefficient (Wildman–Crippen LogP) is 8.46. The van der Waals surface area contributed by atoms with Crippen molar-refractivity contribution >= 4 is 5.91 Å². The zero-order chi connectivity index (χ0) is 32.2. The third-order valence-corrected chi connectivity index (χ3v) is 5.44. The number of aryl methyl sites for hydroxylation is 2. The number of amides is 1. The minimum atomic E-state index is -0.355. The first kappa shape index (κ1) is 37.0. The maximum atomic E-state index is 13.4. The van der Waals surface area contributed by atoms with E-state index in [4.69, 9.17) is 0 Å². The minimum absolute atomic E-state index is 0.0287. The molecule has 4 rings (SSSR count). The Hall–Kier alpha value is -4.01. The van der Waals surface area contributed by atoms with Gasteiger partial charge in [-0.25, -0.2) is 28.4 Å². The zero-order valence-corrected chi connectivity index (χ0v) is 27.1. The van der Waals surface area contributed by atoms with Crippen LogP contribution in [0, 0.1) is 25.5 Å². The first-order valence-corrected chi connectivity index (χ1v) is 15.1. The van der Waals surface area contributed by atoms with Crippen LogP contribution in [-0.4, -0.2) is 48.6 Å². The molecule has 0 radical (unpaired) electrons. The maximum Gasteiger partial charge on any atom is 0.244 e. The lowest BCUT2D eigenvalue weighted by Crippen LogP contribution is -2.35. The summed E-state index contributed by atoms with van der Waals surface area (Å²) in [6.07, 6.45) is 5.81. The maximum absolute atomic E-state index is 13.4. The molecule has 0 aliphatic carbocycles. The average molecular weight is 595 g/mol. The van der Waals surface area contributed by atoms with Gasteiger partial charge in [0.2, 0.25) is 5.91 Å². The number of carbonyl (C=O) groups excluding carboxylic acids is 1. The lowest BCUT2D eigenvalue weighted by molar-refractivity contribution is -0.132. The van der Waals surface area contributed by atoms with Crippen LogP contribution in [0.5, 0.6) is 0 Å². The van der Waals surface area contributed by atoms with Gasteiger partial charge in [-0.15, -0.1) is 5.10 Å². The first-order valence-electron chi connectivity index (χ1n) is 15.1. The van der Waals surface area contributed by atoms with Crippen LogP contribution >= 0.6 is 0 Å². The molecule has 9 heteroatoms. The molecule has 0 aliphatic heterocycles. The Labute approximate surface area is 256 Å². The fourth-order valence-electron chi connectivity index (χ4n) is 3.70. The second-order valence-electron chi connectivity index (χ2n) is 10.0. The molecule has 0 saturated heterocycles. The normalized spacial score (nSPS) is 9.91. The van der Waals surface area contributed by atoms with E-state index >= 15 is 0 Å². The average Bonchev–Trinajstić information content (AvgIpc) is 3.38. The largest absolute Gasteiger partial charge is 0.341 e. The highest BCUT2D eigenvalue weighted by Crippen LogP contribution is 2.23. The van der Waals surface area contributed by atoms with Crippen molar-refractivity contribution in [2.24, 2.45) is 0 Å². The standard InChI is InChI=1S/C22H24F2N4O.C6H8N2.2C3H8/c1-3-13-27(14-4-2)20(29)15-28-22(17-7-11-19(24)12-8-17)25-21(26-28)16-5-9-18(23)10-6-16;1-5-3-6(2)8-4-7-5;2*1-3-2/h5-12H,3-4,13-15H2,1-2H3;3-4H,1-2H3;2*3H2,1-2H3. The number of benzene rings is 2. The van der Waals surface area contributed by atoms with E-state index < -0.39 is 0 Å². The van der Waals surface area contributed by atoms with Crippen molar-refractivity contribution in [1.82, 2.24) is 29.6 Å². The van der Waals surface area contributed by atoms with Gasteiger partial charge in [0, 0.05) is 35.6 Å². The summed E-state index contributed by atoms with van der Waals surface area (Å²) in [5.41, 5.74) is 3.34.